The van der Waals surface area contributed by atoms with Crippen LogP contribution in [-0.4, -0.2) is 77.1 Å². The lowest BCUT2D eigenvalue weighted by molar-refractivity contribution is -0.136. The fraction of sp³-hybridized carbons (Fsp3) is 0.423. The molecule has 0 saturated carbocycles. The van der Waals surface area contributed by atoms with Crippen molar-refractivity contribution in [2.75, 3.05) is 39.9 Å². The number of hydrogen-bond donors (Lipinski definition) is 0. The molecule has 3 amide bonds. The average molecular weight is 449 g/mol. The second-order valence-corrected chi connectivity index (χ2v) is 8.89. The van der Waals surface area contributed by atoms with Crippen LogP contribution in [0.5, 0.6) is 0 Å². The monoisotopic (exact) mass is 448 g/mol. The summed E-state index contributed by atoms with van der Waals surface area (Å²) in [4.78, 5) is 36.5. The number of hydrogen-bond acceptors (Lipinski definition) is 5. The quantitative estimate of drug-likeness (QED) is 0.579. The van der Waals surface area contributed by atoms with E-state index in [1.54, 1.807) is 24.4 Å². The Balaban J connectivity index is 1.46. The maximum atomic E-state index is 13.6. The molecule has 4 rings (SSSR count). The average Bonchev–Trinajstić information content (AvgIpc) is 3.01. The van der Waals surface area contributed by atoms with Gasteiger partial charge in [-0.3, -0.25) is 19.6 Å². The minimum absolute atomic E-state index is 0.0938. The third kappa shape index (κ3) is 4.99. The van der Waals surface area contributed by atoms with Gasteiger partial charge in [0.2, 0.25) is 0 Å². The molecule has 3 heterocycles. The van der Waals surface area contributed by atoms with Gasteiger partial charge in [0.05, 0.1) is 13.2 Å². The number of carbonyl (C=O) groups is 2. The van der Waals surface area contributed by atoms with E-state index in [2.05, 4.69) is 35.0 Å². The highest BCUT2D eigenvalue weighted by Crippen LogP contribution is 2.38. The van der Waals surface area contributed by atoms with Crippen molar-refractivity contribution in [2.24, 2.45) is 0 Å². The standard InChI is InChI=1S/C26H32N4O3/c1-21(17-22-7-4-3-5-8-22)19-28-13-10-26(11-14-28)24(31)29(20-23-9-6-12-27-18-23)25(32)30(26)15-16-33-2/h3-9,12,17-18H,10-11,13-16,19-20H2,1-2H3/b21-17+. The van der Waals surface area contributed by atoms with Crippen molar-refractivity contribution < 1.29 is 14.3 Å². The van der Waals surface area contributed by atoms with E-state index in [9.17, 15) is 9.59 Å². The molecule has 0 radical (unpaired) electrons. The summed E-state index contributed by atoms with van der Waals surface area (Å²) in [6.45, 7) is 5.60. The summed E-state index contributed by atoms with van der Waals surface area (Å²) in [5, 5.41) is 0. The Kier molecular flexibility index (Phi) is 7.20. The molecule has 2 aromatic rings. The van der Waals surface area contributed by atoms with Crippen molar-refractivity contribution in [3.8, 4) is 0 Å². The number of carbonyl (C=O) groups excluding carboxylic acids is 2. The molecule has 0 bridgehead atoms. The van der Waals surface area contributed by atoms with Gasteiger partial charge in [0.15, 0.2) is 0 Å². The van der Waals surface area contributed by atoms with Gasteiger partial charge in [0.1, 0.15) is 5.54 Å². The minimum atomic E-state index is -0.786. The van der Waals surface area contributed by atoms with E-state index in [4.69, 9.17) is 4.74 Å². The van der Waals surface area contributed by atoms with Gasteiger partial charge in [-0.05, 0) is 37.0 Å². The van der Waals surface area contributed by atoms with Crippen LogP contribution in [0.2, 0.25) is 0 Å². The van der Waals surface area contributed by atoms with Crippen molar-refractivity contribution in [2.45, 2.75) is 31.8 Å². The van der Waals surface area contributed by atoms with Crippen molar-refractivity contribution in [3.63, 3.8) is 0 Å². The molecule has 0 N–H and O–H groups in total. The van der Waals surface area contributed by atoms with Crippen LogP contribution in [-0.2, 0) is 16.1 Å². The second kappa shape index (κ2) is 10.3. The Hall–Kier alpha value is -3.03. The third-order valence-electron chi connectivity index (χ3n) is 6.57. The molecule has 1 aromatic carbocycles. The van der Waals surface area contributed by atoms with E-state index in [0.29, 0.717) is 26.0 Å². The molecule has 0 unspecified atom stereocenters. The maximum absolute atomic E-state index is 13.6. The SMILES string of the molecule is COCCN1C(=O)N(Cc2cccnc2)C(=O)C12CCN(C/C(C)=C/c1ccccc1)CC2. The summed E-state index contributed by atoms with van der Waals surface area (Å²) < 4.78 is 5.25. The highest BCUT2D eigenvalue weighted by Gasteiger charge is 2.57. The number of methoxy groups -OCH3 is 1. The molecule has 1 spiro atoms. The number of pyridine rings is 1. The first-order valence-electron chi connectivity index (χ1n) is 11.5. The first-order chi connectivity index (χ1) is 16.0. The van der Waals surface area contributed by atoms with Gasteiger partial charge >= 0.3 is 6.03 Å². The highest BCUT2D eigenvalue weighted by atomic mass is 16.5. The molecule has 7 heteroatoms. The molecule has 1 aromatic heterocycles. The maximum Gasteiger partial charge on any atom is 0.328 e. The van der Waals surface area contributed by atoms with Crippen LogP contribution < -0.4 is 0 Å². The Morgan fingerprint density at radius 1 is 1.12 bits per heavy atom. The summed E-state index contributed by atoms with van der Waals surface area (Å²) in [6, 6.07) is 13.8. The number of piperidine rings is 1. The van der Waals surface area contributed by atoms with Crippen LogP contribution in [0.4, 0.5) is 4.79 Å². The minimum Gasteiger partial charge on any atom is -0.383 e. The first kappa shape index (κ1) is 23.1. The zero-order chi connectivity index (χ0) is 23.3. The molecular formula is C26H32N4O3. The van der Waals surface area contributed by atoms with Gasteiger partial charge in [-0.25, -0.2) is 4.79 Å². The lowest BCUT2D eigenvalue weighted by atomic mass is 9.85. The van der Waals surface area contributed by atoms with Gasteiger partial charge in [0, 0.05) is 45.7 Å². The predicted octanol–water partition coefficient (Wildman–Crippen LogP) is 3.43. The van der Waals surface area contributed by atoms with Crippen molar-refractivity contribution >= 4 is 18.0 Å². The summed E-state index contributed by atoms with van der Waals surface area (Å²) >= 11 is 0. The molecule has 0 aliphatic carbocycles. The van der Waals surface area contributed by atoms with E-state index in [1.807, 2.05) is 30.3 Å². The number of ether oxygens (including phenoxy) is 1. The topological polar surface area (TPSA) is 66.0 Å². The fourth-order valence-corrected chi connectivity index (χ4v) is 4.89. The van der Waals surface area contributed by atoms with Gasteiger partial charge in [0.25, 0.3) is 5.91 Å². The number of benzene rings is 1. The summed E-state index contributed by atoms with van der Waals surface area (Å²) in [6.07, 6.45) is 6.85. The molecule has 2 saturated heterocycles. The van der Waals surface area contributed by atoms with E-state index in [-0.39, 0.29) is 18.5 Å². The number of urea groups is 1. The van der Waals surface area contributed by atoms with Crippen molar-refractivity contribution in [1.82, 2.24) is 19.7 Å². The largest absolute Gasteiger partial charge is 0.383 e. The highest BCUT2D eigenvalue weighted by molar-refractivity contribution is 6.07. The van der Waals surface area contributed by atoms with Crippen LogP contribution in [0.3, 0.4) is 0 Å². The smallest absolute Gasteiger partial charge is 0.328 e. The number of likely N-dealkylation sites (tertiary alicyclic amines) is 1. The van der Waals surface area contributed by atoms with E-state index >= 15 is 0 Å². The molecule has 2 aliphatic rings. The molecule has 2 fully saturated rings. The molecule has 2 aliphatic heterocycles. The van der Waals surface area contributed by atoms with Crippen molar-refractivity contribution in [1.29, 1.82) is 0 Å². The fourth-order valence-electron chi connectivity index (χ4n) is 4.89. The molecular weight excluding hydrogens is 416 g/mol. The van der Waals surface area contributed by atoms with E-state index in [1.165, 1.54) is 16.0 Å². The normalized spacial score (nSPS) is 19.0. The number of imide groups is 1. The Bertz CT molecular complexity index is 985. The van der Waals surface area contributed by atoms with E-state index in [0.717, 1.165) is 25.2 Å². The molecule has 33 heavy (non-hydrogen) atoms. The predicted molar refractivity (Wildman–Crippen MR) is 127 cm³/mol. The van der Waals surface area contributed by atoms with Crippen LogP contribution in [0.15, 0.2) is 60.4 Å². The number of rotatable bonds is 8. The van der Waals surface area contributed by atoms with E-state index < -0.39 is 5.54 Å². The van der Waals surface area contributed by atoms with Gasteiger partial charge in [-0.1, -0.05) is 48.0 Å². The number of amides is 3. The van der Waals surface area contributed by atoms with Crippen LogP contribution in [0, 0.1) is 0 Å². The lowest BCUT2D eigenvalue weighted by Crippen LogP contribution is -2.57. The lowest BCUT2D eigenvalue weighted by Gasteiger charge is -2.42. The van der Waals surface area contributed by atoms with Crippen LogP contribution in [0.25, 0.3) is 6.08 Å². The van der Waals surface area contributed by atoms with Gasteiger partial charge in [-0.2, -0.15) is 0 Å². The summed E-state index contributed by atoms with van der Waals surface area (Å²) in [7, 11) is 1.62. The summed E-state index contributed by atoms with van der Waals surface area (Å²) in [5.41, 5.74) is 2.53. The van der Waals surface area contributed by atoms with Gasteiger partial charge < -0.3 is 9.64 Å². The second-order valence-electron chi connectivity index (χ2n) is 8.89. The van der Waals surface area contributed by atoms with Crippen LogP contribution in [0.1, 0.15) is 30.9 Å². The zero-order valence-corrected chi connectivity index (χ0v) is 19.4. The Morgan fingerprint density at radius 2 is 1.88 bits per heavy atom. The Labute approximate surface area is 195 Å². The Morgan fingerprint density at radius 3 is 2.55 bits per heavy atom. The third-order valence-corrected chi connectivity index (χ3v) is 6.57. The molecule has 7 nitrogen and oxygen atoms in total. The number of aromatic nitrogens is 1. The molecule has 174 valence electrons. The van der Waals surface area contributed by atoms with Gasteiger partial charge in [-0.15, -0.1) is 0 Å². The first-order valence-corrected chi connectivity index (χ1v) is 11.5. The van der Waals surface area contributed by atoms with Crippen LogP contribution >= 0.6 is 0 Å². The zero-order valence-electron chi connectivity index (χ0n) is 19.4. The summed E-state index contributed by atoms with van der Waals surface area (Å²) in [5.74, 6) is -0.0938. The number of nitrogens with zero attached hydrogens (tertiary/aromatic N) is 4. The molecule has 0 atom stereocenters. The van der Waals surface area contributed by atoms with Crippen molar-refractivity contribution in [3.05, 3.63) is 71.6 Å².